The number of nitrogens with one attached hydrogen (secondary N) is 2. The number of hydrogen-bond acceptors (Lipinski definition) is 3. The van der Waals surface area contributed by atoms with Gasteiger partial charge < -0.3 is 10.6 Å². The van der Waals surface area contributed by atoms with E-state index in [0.717, 1.165) is 17.7 Å². The highest BCUT2D eigenvalue weighted by molar-refractivity contribution is 7.12. The van der Waals surface area contributed by atoms with Gasteiger partial charge >= 0.3 is 0 Å². The molecule has 0 atom stereocenters. The number of hydrogen-bond donors (Lipinski definition) is 2. The molecule has 0 saturated carbocycles. The second-order valence-corrected chi connectivity index (χ2v) is 7.73. The van der Waals surface area contributed by atoms with Gasteiger partial charge in [0.25, 0.3) is 11.8 Å². The molecule has 2 N–H and O–H groups in total. The van der Waals surface area contributed by atoms with Gasteiger partial charge in [0.15, 0.2) is 0 Å². The molecule has 0 saturated heterocycles. The number of thiophene rings is 1. The van der Waals surface area contributed by atoms with Gasteiger partial charge in [0.2, 0.25) is 0 Å². The molecule has 4 nitrogen and oxygen atoms in total. The topological polar surface area (TPSA) is 58.2 Å². The molecule has 5 heteroatoms. The second-order valence-electron chi connectivity index (χ2n) is 6.79. The fourth-order valence-electron chi connectivity index (χ4n) is 3.15. The molecule has 1 aromatic heterocycles. The van der Waals surface area contributed by atoms with E-state index in [1.807, 2.05) is 53.9 Å². The molecule has 4 rings (SSSR count). The van der Waals surface area contributed by atoms with Crippen LogP contribution in [0.2, 0.25) is 0 Å². The lowest BCUT2D eigenvalue weighted by atomic mass is 10.0. The Morgan fingerprint density at radius 3 is 2.33 bits per heavy atom. The van der Waals surface area contributed by atoms with Gasteiger partial charge in [-0.3, -0.25) is 9.59 Å². The molecule has 0 radical (unpaired) electrons. The predicted octanol–water partition coefficient (Wildman–Crippen LogP) is 5.84. The summed E-state index contributed by atoms with van der Waals surface area (Å²) in [5.74, 6) is -0.404. The van der Waals surface area contributed by atoms with Crippen molar-refractivity contribution in [1.82, 2.24) is 0 Å². The number of anilines is 2. The summed E-state index contributed by atoms with van der Waals surface area (Å²) >= 11 is 1.37. The molecule has 30 heavy (non-hydrogen) atoms. The summed E-state index contributed by atoms with van der Waals surface area (Å²) in [5.41, 5.74) is 4.06. The Kier molecular flexibility index (Phi) is 6.01. The van der Waals surface area contributed by atoms with Crippen LogP contribution in [0.4, 0.5) is 11.4 Å². The van der Waals surface area contributed by atoms with Crippen LogP contribution in [0.25, 0.3) is 0 Å². The monoisotopic (exact) mass is 412 g/mol. The molecule has 2 amide bonds. The Hall–Kier alpha value is -3.70. The van der Waals surface area contributed by atoms with Gasteiger partial charge in [-0.25, -0.2) is 0 Å². The van der Waals surface area contributed by atoms with Crippen LogP contribution in [-0.2, 0) is 6.42 Å². The summed E-state index contributed by atoms with van der Waals surface area (Å²) < 4.78 is 0. The quantitative estimate of drug-likeness (QED) is 0.418. The zero-order valence-corrected chi connectivity index (χ0v) is 17.0. The van der Waals surface area contributed by atoms with E-state index in [1.54, 1.807) is 30.3 Å². The Labute approximate surface area is 179 Å². The summed E-state index contributed by atoms with van der Waals surface area (Å²) in [6, 6.07) is 28.5. The normalized spacial score (nSPS) is 10.4. The summed E-state index contributed by atoms with van der Waals surface area (Å²) in [6.45, 7) is 0. The predicted molar refractivity (Wildman–Crippen MR) is 122 cm³/mol. The van der Waals surface area contributed by atoms with E-state index in [4.69, 9.17) is 0 Å². The molecule has 0 aliphatic carbocycles. The molecule has 0 spiro atoms. The number of para-hydroxylation sites is 1. The summed E-state index contributed by atoms with van der Waals surface area (Å²) in [7, 11) is 0. The largest absolute Gasteiger partial charge is 0.322 e. The molecule has 0 aliphatic heterocycles. The van der Waals surface area contributed by atoms with Crippen molar-refractivity contribution in [3.05, 3.63) is 118 Å². The maximum Gasteiger partial charge on any atom is 0.265 e. The number of amides is 2. The first-order valence-electron chi connectivity index (χ1n) is 9.57. The number of carbonyl (C=O) groups excluding carboxylic acids is 2. The van der Waals surface area contributed by atoms with Crippen LogP contribution in [0.15, 0.2) is 96.4 Å². The number of carbonyl (C=O) groups is 2. The Morgan fingerprint density at radius 1 is 0.733 bits per heavy atom. The zero-order valence-electron chi connectivity index (χ0n) is 16.2. The Bertz CT molecular complexity index is 1150. The first-order chi connectivity index (χ1) is 14.7. The maximum atomic E-state index is 12.9. The van der Waals surface area contributed by atoms with Gasteiger partial charge in [0.1, 0.15) is 0 Å². The van der Waals surface area contributed by atoms with E-state index >= 15 is 0 Å². The van der Waals surface area contributed by atoms with E-state index < -0.39 is 0 Å². The SMILES string of the molecule is O=C(Nc1ccccc1Cc1ccccc1)c1cccc(NC(=O)c2cccs2)c1. The van der Waals surface area contributed by atoms with Crippen LogP contribution in [0.3, 0.4) is 0 Å². The summed E-state index contributed by atoms with van der Waals surface area (Å²) in [4.78, 5) is 25.8. The highest BCUT2D eigenvalue weighted by Gasteiger charge is 2.12. The highest BCUT2D eigenvalue weighted by atomic mass is 32.1. The molecule has 148 valence electrons. The average molecular weight is 413 g/mol. The third-order valence-electron chi connectivity index (χ3n) is 4.63. The van der Waals surface area contributed by atoms with Crippen molar-refractivity contribution in [1.29, 1.82) is 0 Å². The first kappa shape index (κ1) is 19.6. The zero-order chi connectivity index (χ0) is 20.8. The molecular weight excluding hydrogens is 392 g/mol. The van der Waals surface area contributed by atoms with E-state index in [1.165, 1.54) is 16.9 Å². The minimum absolute atomic E-state index is 0.184. The van der Waals surface area contributed by atoms with Crippen molar-refractivity contribution in [2.24, 2.45) is 0 Å². The molecule has 0 fully saturated rings. The lowest BCUT2D eigenvalue weighted by Gasteiger charge is -2.12. The molecule has 0 bridgehead atoms. The van der Waals surface area contributed by atoms with Crippen LogP contribution in [-0.4, -0.2) is 11.8 Å². The Morgan fingerprint density at radius 2 is 1.53 bits per heavy atom. The highest BCUT2D eigenvalue weighted by Crippen LogP contribution is 2.21. The number of benzene rings is 3. The van der Waals surface area contributed by atoms with Crippen molar-refractivity contribution in [3.8, 4) is 0 Å². The van der Waals surface area contributed by atoms with Crippen molar-refractivity contribution in [3.63, 3.8) is 0 Å². The number of rotatable bonds is 6. The standard InChI is InChI=1S/C25H20N2O2S/c28-24(20-11-6-12-21(17-20)26-25(29)23-14-7-15-30-23)27-22-13-5-4-10-19(22)16-18-8-2-1-3-9-18/h1-15,17H,16H2,(H,26,29)(H,27,28). The van der Waals surface area contributed by atoms with Gasteiger partial charge in [0, 0.05) is 16.9 Å². The second kappa shape index (κ2) is 9.20. The Balaban J connectivity index is 1.49. The third kappa shape index (κ3) is 4.82. The van der Waals surface area contributed by atoms with E-state index in [0.29, 0.717) is 16.1 Å². The molecular formula is C25H20N2O2S. The van der Waals surface area contributed by atoms with Crippen LogP contribution in [0.5, 0.6) is 0 Å². The van der Waals surface area contributed by atoms with Crippen LogP contribution < -0.4 is 10.6 Å². The van der Waals surface area contributed by atoms with Gasteiger partial charge in [-0.15, -0.1) is 11.3 Å². The average Bonchev–Trinajstić information content (AvgIpc) is 3.31. The minimum Gasteiger partial charge on any atom is -0.322 e. The van der Waals surface area contributed by atoms with Crippen LogP contribution in [0, 0.1) is 0 Å². The van der Waals surface area contributed by atoms with Gasteiger partial charge in [-0.2, -0.15) is 0 Å². The van der Waals surface area contributed by atoms with Gasteiger partial charge in [-0.1, -0.05) is 60.7 Å². The summed E-state index contributed by atoms with van der Waals surface area (Å²) in [6.07, 6.45) is 0.730. The molecule has 3 aromatic carbocycles. The fraction of sp³-hybridized carbons (Fsp3) is 0.0400. The molecule has 0 aliphatic rings. The van der Waals surface area contributed by atoms with Crippen molar-refractivity contribution in [2.45, 2.75) is 6.42 Å². The van der Waals surface area contributed by atoms with E-state index in [-0.39, 0.29) is 11.8 Å². The molecule has 0 unspecified atom stereocenters. The van der Waals surface area contributed by atoms with Gasteiger partial charge in [0.05, 0.1) is 4.88 Å². The van der Waals surface area contributed by atoms with E-state index in [2.05, 4.69) is 22.8 Å². The van der Waals surface area contributed by atoms with Gasteiger partial charge in [-0.05, 0) is 53.3 Å². The van der Waals surface area contributed by atoms with Crippen LogP contribution >= 0.6 is 11.3 Å². The van der Waals surface area contributed by atoms with Crippen molar-refractivity contribution in [2.75, 3.05) is 10.6 Å². The molecule has 4 aromatic rings. The summed E-state index contributed by atoms with van der Waals surface area (Å²) in [5, 5.41) is 7.70. The molecule has 1 heterocycles. The fourth-order valence-corrected chi connectivity index (χ4v) is 3.76. The van der Waals surface area contributed by atoms with E-state index in [9.17, 15) is 9.59 Å². The minimum atomic E-state index is -0.220. The first-order valence-corrected chi connectivity index (χ1v) is 10.4. The maximum absolute atomic E-state index is 12.9. The lowest BCUT2D eigenvalue weighted by molar-refractivity contribution is 0.101. The third-order valence-corrected chi connectivity index (χ3v) is 5.50. The lowest BCUT2D eigenvalue weighted by Crippen LogP contribution is -2.15. The van der Waals surface area contributed by atoms with Crippen molar-refractivity contribution >= 4 is 34.5 Å². The van der Waals surface area contributed by atoms with Crippen LogP contribution in [0.1, 0.15) is 31.2 Å². The smallest absolute Gasteiger partial charge is 0.265 e. The van der Waals surface area contributed by atoms with Crippen molar-refractivity contribution < 1.29 is 9.59 Å².